The first-order chi connectivity index (χ1) is 15.2. The van der Waals surface area contributed by atoms with Gasteiger partial charge in [0.15, 0.2) is 0 Å². The van der Waals surface area contributed by atoms with E-state index in [1.807, 2.05) is 24.4 Å². The molecule has 1 amide bonds. The van der Waals surface area contributed by atoms with E-state index >= 15 is 0 Å². The Morgan fingerprint density at radius 2 is 1.71 bits per heavy atom. The van der Waals surface area contributed by atoms with Gasteiger partial charge in [-0.3, -0.25) is 19.6 Å². The molecule has 0 radical (unpaired) electrons. The van der Waals surface area contributed by atoms with E-state index in [0.717, 1.165) is 89.7 Å². The summed E-state index contributed by atoms with van der Waals surface area (Å²) in [5.41, 5.74) is 3.29. The standard InChI is InChI=1S/C25H32N4O2/c30-24-25(9-12-29(24)14-13-27-15-17-31-18-16-27)8-11-28(20-25)19-21-4-6-22(7-5-21)23-3-1-2-10-26-23/h1-7,10H,8-9,11-20H2. The molecule has 3 fully saturated rings. The lowest BCUT2D eigenvalue weighted by Crippen LogP contribution is -2.43. The number of carbonyl (C=O) groups is 1. The topological polar surface area (TPSA) is 48.9 Å². The lowest BCUT2D eigenvalue weighted by atomic mass is 9.85. The molecule has 3 aliphatic rings. The fraction of sp³-hybridized carbons (Fsp3) is 0.520. The Morgan fingerprint density at radius 3 is 2.48 bits per heavy atom. The summed E-state index contributed by atoms with van der Waals surface area (Å²) in [6.07, 6.45) is 3.83. The van der Waals surface area contributed by atoms with Crippen molar-refractivity contribution in [2.24, 2.45) is 5.41 Å². The first-order valence-electron chi connectivity index (χ1n) is 11.5. The monoisotopic (exact) mass is 420 g/mol. The van der Waals surface area contributed by atoms with Crippen LogP contribution in [0.4, 0.5) is 0 Å². The molecule has 4 heterocycles. The minimum atomic E-state index is -0.154. The number of likely N-dealkylation sites (tertiary alicyclic amines) is 2. The largest absolute Gasteiger partial charge is 0.379 e. The van der Waals surface area contributed by atoms with Crippen molar-refractivity contribution in [3.05, 3.63) is 54.2 Å². The average molecular weight is 421 g/mol. The van der Waals surface area contributed by atoms with Gasteiger partial charge in [0, 0.05) is 57.6 Å². The van der Waals surface area contributed by atoms with Crippen molar-refractivity contribution >= 4 is 5.91 Å². The molecule has 1 unspecified atom stereocenters. The molecular formula is C25H32N4O2. The molecule has 0 aliphatic carbocycles. The maximum atomic E-state index is 13.3. The van der Waals surface area contributed by atoms with E-state index in [9.17, 15) is 4.79 Å². The second-order valence-electron chi connectivity index (χ2n) is 9.15. The zero-order valence-electron chi connectivity index (χ0n) is 18.2. The first kappa shape index (κ1) is 20.6. The van der Waals surface area contributed by atoms with Gasteiger partial charge in [0.2, 0.25) is 5.91 Å². The highest BCUT2D eigenvalue weighted by atomic mass is 16.5. The van der Waals surface area contributed by atoms with Crippen LogP contribution in [0.3, 0.4) is 0 Å². The van der Waals surface area contributed by atoms with E-state index in [1.54, 1.807) is 0 Å². The minimum absolute atomic E-state index is 0.154. The lowest BCUT2D eigenvalue weighted by molar-refractivity contribution is -0.135. The van der Waals surface area contributed by atoms with E-state index in [0.29, 0.717) is 5.91 Å². The van der Waals surface area contributed by atoms with Crippen molar-refractivity contribution in [2.45, 2.75) is 19.4 Å². The van der Waals surface area contributed by atoms with Crippen LogP contribution < -0.4 is 0 Å². The van der Waals surface area contributed by atoms with E-state index < -0.39 is 0 Å². The molecule has 1 aromatic heterocycles. The zero-order valence-corrected chi connectivity index (χ0v) is 18.2. The van der Waals surface area contributed by atoms with Gasteiger partial charge >= 0.3 is 0 Å². The molecule has 2 aromatic rings. The number of hydrogen-bond acceptors (Lipinski definition) is 5. The van der Waals surface area contributed by atoms with Crippen molar-refractivity contribution in [1.82, 2.24) is 19.7 Å². The van der Waals surface area contributed by atoms with Gasteiger partial charge in [-0.15, -0.1) is 0 Å². The van der Waals surface area contributed by atoms with E-state index in [4.69, 9.17) is 4.74 Å². The summed E-state index contributed by atoms with van der Waals surface area (Å²) < 4.78 is 5.43. The Morgan fingerprint density at radius 1 is 0.903 bits per heavy atom. The molecule has 0 saturated carbocycles. The number of ether oxygens (including phenoxy) is 1. The number of pyridine rings is 1. The Bertz CT molecular complexity index is 882. The molecule has 3 aliphatic heterocycles. The molecule has 6 heteroatoms. The third-order valence-electron chi connectivity index (χ3n) is 7.14. The summed E-state index contributed by atoms with van der Waals surface area (Å²) in [5.74, 6) is 0.383. The van der Waals surface area contributed by atoms with Gasteiger partial charge < -0.3 is 9.64 Å². The predicted molar refractivity (Wildman–Crippen MR) is 120 cm³/mol. The maximum absolute atomic E-state index is 13.3. The van der Waals surface area contributed by atoms with Crippen LogP contribution in [-0.2, 0) is 16.1 Å². The van der Waals surface area contributed by atoms with Gasteiger partial charge in [0.05, 0.1) is 24.3 Å². The molecule has 164 valence electrons. The number of aromatic nitrogens is 1. The predicted octanol–water partition coefficient (Wildman–Crippen LogP) is 2.51. The summed E-state index contributed by atoms with van der Waals surface area (Å²) in [4.78, 5) is 24.7. The number of amides is 1. The van der Waals surface area contributed by atoms with Crippen LogP contribution in [0.25, 0.3) is 11.3 Å². The fourth-order valence-electron chi connectivity index (χ4n) is 5.24. The van der Waals surface area contributed by atoms with Crippen LogP contribution in [-0.4, -0.2) is 84.6 Å². The summed E-state index contributed by atoms with van der Waals surface area (Å²) in [6.45, 7) is 9.15. The lowest BCUT2D eigenvalue weighted by Gasteiger charge is -2.29. The van der Waals surface area contributed by atoms with Gasteiger partial charge in [-0.1, -0.05) is 30.3 Å². The van der Waals surface area contributed by atoms with Crippen LogP contribution in [0.15, 0.2) is 48.7 Å². The van der Waals surface area contributed by atoms with Crippen LogP contribution in [0.2, 0.25) is 0 Å². The molecule has 1 atom stereocenters. The van der Waals surface area contributed by atoms with Gasteiger partial charge in [-0.2, -0.15) is 0 Å². The SMILES string of the molecule is O=C1N(CCN2CCOCC2)CCC12CCN(Cc1ccc(-c3ccccn3)cc1)C2. The van der Waals surface area contributed by atoms with Gasteiger partial charge in [0.25, 0.3) is 0 Å². The summed E-state index contributed by atoms with van der Waals surface area (Å²) in [5, 5.41) is 0. The summed E-state index contributed by atoms with van der Waals surface area (Å²) in [6, 6.07) is 14.7. The molecule has 3 saturated heterocycles. The highest BCUT2D eigenvalue weighted by Gasteiger charge is 2.50. The molecule has 0 bridgehead atoms. The highest BCUT2D eigenvalue weighted by Crippen LogP contribution is 2.41. The number of benzene rings is 1. The average Bonchev–Trinajstić information content (AvgIpc) is 3.37. The number of rotatable bonds is 6. The first-order valence-corrected chi connectivity index (χ1v) is 11.5. The van der Waals surface area contributed by atoms with E-state index in [2.05, 4.69) is 43.9 Å². The minimum Gasteiger partial charge on any atom is -0.379 e. The normalized spacial score (nSPS) is 25.0. The third-order valence-corrected chi connectivity index (χ3v) is 7.14. The molecule has 1 spiro atoms. The van der Waals surface area contributed by atoms with Gasteiger partial charge in [0.1, 0.15) is 0 Å². The Balaban J connectivity index is 1.15. The number of morpholine rings is 1. The van der Waals surface area contributed by atoms with Crippen LogP contribution in [0, 0.1) is 5.41 Å². The molecular weight excluding hydrogens is 388 g/mol. The number of nitrogens with zero attached hydrogens (tertiary/aromatic N) is 4. The molecule has 1 aromatic carbocycles. The maximum Gasteiger partial charge on any atom is 0.230 e. The summed E-state index contributed by atoms with van der Waals surface area (Å²) >= 11 is 0. The third kappa shape index (κ3) is 4.52. The fourth-order valence-corrected chi connectivity index (χ4v) is 5.24. The number of hydrogen-bond donors (Lipinski definition) is 0. The van der Waals surface area contributed by atoms with Crippen LogP contribution in [0.1, 0.15) is 18.4 Å². The van der Waals surface area contributed by atoms with Crippen LogP contribution in [0.5, 0.6) is 0 Å². The van der Waals surface area contributed by atoms with Crippen molar-refractivity contribution in [2.75, 3.05) is 59.0 Å². The second kappa shape index (κ2) is 9.07. The van der Waals surface area contributed by atoms with Crippen molar-refractivity contribution < 1.29 is 9.53 Å². The second-order valence-corrected chi connectivity index (χ2v) is 9.15. The van der Waals surface area contributed by atoms with Crippen molar-refractivity contribution in [3.63, 3.8) is 0 Å². The molecule has 31 heavy (non-hydrogen) atoms. The molecule has 5 rings (SSSR count). The molecule has 0 N–H and O–H groups in total. The van der Waals surface area contributed by atoms with Crippen molar-refractivity contribution in [3.8, 4) is 11.3 Å². The summed E-state index contributed by atoms with van der Waals surface area (Å²) in [7, 11) is 0. The smallest absolute Gasteiger partial charge is 0.230 e. The van der Waals surface area contributed by atoms with E-state index in [-0.39, 0.29) is 5.41 Å². The van der Waals surface area contributed by atoms with Crippen molar-refractivity contribution in [1.29, 1.82) is 0 Å². The number of carbonyl (C=O) groups excluding carboxylic acids is 1. The van der Waals surface area contributed by atoms with Gasteiger partial charge in [-0.25, -0.2) is 0 Å². The Kier molecular flexibility index (Phi) is 6.03. The van der Waals surface area contributed by atoms with E-state index in [1.165, 1.54) is 5.56 Å². The van der Waals surface area contributed by atoms with Gasteiger partial charge in [-0.05, 0) is 37.1 Å². The Labute approximate surface area is 184 Å². The Hall–Kier alpha value is -2.28. The highest BCUT2D eigenvalue weighted by molar-refractivity contribution is 5.85. The van der Waals surface area contributed by atoms with Crippen LogP contribution >= 0.6 is 0 Å². The zero-order chi connectivity index (χ0) is 21.1. The quantitative estimate of drug-likeness (QED) is 0.719. The molecule has 6 nitrogen and oxygen atoms in total.